The predicted molar refractivity (Wildman–Crippen MR) is 70.4 cm³/mol. The molecule has 94 valence electrons. The number of benzene rings is 1. The van der Waals surface area contributed by atoms with Crippen LogP contribution in [-0.4, -0.2) is 17.9 Å². The van der Waals surface area contributed by atoms with Crippen molar-refractivity contribution in [1.82, 2.24) is 4.98 Å². The van der Waals surface area contributed by atoms with Crippen molar-refractivity contribution in [3.8, 4) is 0 Å². The monoisotopic (exact) mass is 265 g/mol. The number of carbonyl (C=O) groups is 1. The maximum Gasteiger partial charge on any atom is 0.230 e. The third-order valence-corrected chi connectivity index (χ3v) is 3.12. The van der Waals surface area contributed by atoms with Crippen molar-refractivity contribution in [1.29, 1.82) is 0 Å². The molecule has 18 heavy (non-hydrogen) atoms. The Bertz CT molecular complexity index is 556. The molecule has 0 aliphatic carbocycles. The lowest BCUT2D eigenvalue weighted by molar-refractivity contribution is -0.115. The van der Waals surface area contributed by atoms with E-state index < -0.39 is 0 Å². The smallest absolute Gasteiger partial charge is 0.230 e. The summed E-state index contributed by atoms with van der Waals surface area (Å²) < 4.78 is 12.9. The van der Waals surface area contributed by atoms with E-state index in [9.17, 15) is 9.18 Å². The normalized spacial score (nSPS) is 10.1. The molecule has 2 rings (SSSR count). The van der Waals surface area contributed by atoms with Crippen LogP contribution in [0.4, 0.5) is 15.2 Å². The first-order valence-electron chi connectivity index (χ1n) is 5.35. The van der Waals surface area contributed by atoms with Gasteiger partial charge >= 0.3 is 0 Å². The summed E-state index contributed by atoms with van der Waals surface area (Å²) in [5, 5.41) is 8.11. The van der Waals surface area contributed by atoms with Crippen LogP contribution in [0.25, 0.3) is 0 Å². The Morgan fingerprint density at radius 3 is 3.00 bits per heavy atom. The van der Waals surface area contributed by atoms with Crippen LogP contribution >= 0.6 is 11.3 Å². The lowest BCUT2D eigenvalue weighted by atomic mass is 10.3. The third kappa shape index (κ3) is 3.27. The first kappa shape index (κ1) is 12.5. The molecule has 0 saturated heterocycles. The van der Waals surface area contributed by atoms with Gasteiger partial charge in [0, 0.05) is 18.1 Å². The Hall–Kier alpha value is -1.95. The minimum Gasteiger partial charge on any atom is -0.365 e. The van der Waals surface area contributed by atoms with Crippen molar-refractivity contribution < 1.29 is 9.18 Å². The lowest BCUT2D eigenvalue weighted by Crippen LogP contribution is -2.14. The van der Waals surface area contributed by atoms with Gasteiger partial charge in [0.2, 0.25) is 5.91 Å². The van der Waals surface area contributed by atoms with E-state index in [1.165, 1.54) is 23.5 Å². The molecule has 1 heterocycles. The summed E-state index contributed by atoms with van der Waals surface area (Å²) in [6, 6.07) is 5.79. The Kier molecular flexibility index (Phi) is 3.88. The van der Waals surface area contributed by atoms with Crippen LogP contribution in [-0.2, 0) is 11.2 Å². The fourth-order valence-electron chi connectivity index (χ4n) is 1.44. The van der Waals surface area contributed by atoms with E-state index in [0.29, 0.717) is 11.4 Å². The summed E-state index contributed by atoms with van der Waals surface area (Å²) in [6.07, 6.45) is 0.175. The number of nitrogens with one attached hydrogen (secondary N) is 2. The molecule has 1 amide bonds. The quantitative estimate of drug-likeness (QED) is 0.893. The largest absolute Gasteiger partial charge is 0.365 e. The molecule has 1 aromatic carbocycles. The molecular weight excluding hydrogens is 253 g/mol. The first-order chi connectivity index (χ1) is 8.67. The number of halogens is 1. The highest BCUT2D eigenvalue weighted by Gasteiger charge is 2.07. The highest BCUT2D eigenvalue weighted by atomic mass is 32.1. The number of nitrogens with zero attached hydrogens (tertiary/aromatic N) is 1. The fourth-order valence-corrected chi connectivity index (χ4v) is 2.11. The molecule has 2 aromatic rings. The van der Waals surface area contributed by atoms with Crippen molar-refractivity contribution in [2.45, 2.75) is 6.42 Å². The summed E-state index contributed by atoms with van der Waals surface area (Å²) in [4.78, 5) is 15.9. The van der Waals surface area contributed by atoms with Crippen LogP contribution in [0.2, 0.25) is 0 Å². The number of carbonyl (C=O) groups excluding carboxylic acids is 1. The zero-order valence-corrected chi connectivity index (χ0v) is 10.6. The van der Waals surface area contributed by atoms with Crippen LogP contribution in [0.5, 0.6) is 0 Å². The molecule has 0 fully saturated rings. The van der Waals surface area contributed by atoms with Crippen LogP contribution in [0.3, 0.4) is 0 Å². The van der Waals surface area contributed by atoms with Crippen molar-refractivity contribution in [2.75, 3.05) is 17.7 Å². The molecule has 2 N–H and O–H groups in total. The molecule has 6 heteroatoms. The number of hydrogen-bond acceptors (Lipinski definition) is 4. The molecule has 0 bridgehead atoms. The SMILES string of the molecule is CNc1nc(CC(=O)Nc2cccc(F)c2)cs1. The van der Waals surface area contributed by atoms with Gasteiger partial charge in [0.05, 0.1) is 12.1 Å². The van der Waals surface area contributed by atoms with E-state index in [4.69, 9.17) is 0 Å². The average Bonchev–Trinajstić information content (AvgIpc) is 2.76. The van der Waals surface area contributed by atoms with Crippen molar-refractivity contribution in [2.24, 2.45) is 0 Å². The van der Waals surface area contributed by atoms with Gasteiger partial charge in [-0.1, -0.05) is 6.07 Å². The third-order valence-electron chi connectivity index (χ3n) is 2.22. The van der Waals surface area contributed by atoms with Gasteiger partial charge in [0.15, 0.2) is 5.13 Å². The Balaban J connectivity index is 1.96. The van der Waals surface area contributed by atoms with E-state index >= 15 is 0 Å². The summed E-state index contributed by atoms with van der Waals surface area (Å²) in [5.74, 6) is -0.590. The summed E-state index contributed by atoms with van der Waals surface area (Å²) in [5.41, 5.74) is 1.14. The van der Waals surface area contributed by atoms with Gasteiger partial charge in [0.1, 0.15) is 5.82 Å². The molecule has 0 aliphatic heterocycles. The number of anilines is 2. The Morgan fingerprint density at radius 1 is 1.50 bits per heavy atom. The van der Waals surface area contributed by atoms with Crippen molar-refractivity contribution in [3.63, 3.8) is 0 Å². The fraction of sp³-hybridized carbons (Fsp3) is 0.167. The van der Waals surface area contributed by atoms with Crippen molar-refractivity contribution >= 4 is 28.1 Å². The molecule has 0 spiro atoms. The topological polar surface area (TPSA) is 54.0 Å². The van der Waals surface area contributed by atoms with Crippen LogP contribution in [0.1, 0.15) is 5.69 Å². The molecule has 1 aromatic heterocycles. The maximum atomic E-state index is 12.9. The first-order valence-corrected chi connectivity index (χ1v) is 6.23. The average molecular weight is 265 g/mol. The Labute approximate surface area is 108 Å². The summed E-state index contributed by atoms with van der Waals surface area (Å²) >= 11 is 1.44. The summed E-state index contributed by atoms with van der Waals surface area (Å²) in [6.45, 7) is 0. The second kappa shape index (κ2) is 5.59. The minimum atomic E-state index is -0.376. The number of hydrogen-bond donors (Lipinski definition) is 2. The zero-order chi connectivity index (χ0) is 13.0. The van der Waals surface area contributed by atoms with Gasteiger partial charge in [-0.2, -0.15) is 0 Å². The second-order valence-corrected chi connectivity index (χ2v) is 4.49. The standard InChI is InChI=1S/C12H12FN3OS/c1-14-12-16-10(7-18-12)6-11(17)15-9-4-2-3-8(13)5-9/h2-5,7H,6H2,1H3,(H,14,16)(H,15,17). The van der Waals surface area contributed by atoms with Gasteiger partial charge in [0.25, 0.3) is 0 Å². The van der Waals surface area contributed by atoms with E-state index in [-0.39, 0.29) is 18.1 Å². The number of rotatable bonds is 4. The van der Waals surface area contributed by atoms with Crippen LogP contribution in [0.15, 0.2) is 29.6 Å². The highest BCUT2D eigenvalue weighted by Crippen LogP contribution is 2.15. The number of amides is 1. The van der Waals surface area contributed by atoms with Gasteiger partial charge in [-0.3, -0.25) is 4.79 Å². The Morgan fingerprint density at radius 2 is 2.33 bits per heavy atom. The molecule has 4 nitrogen and oxygen atoms in total. The van der Waals surface area contributed by atoms with Crippen LogP contribution < -0.4 is 10.6 Å². The van der Waals surface area contributed by atoms with Gasteiger partial charge in [-0.25, -0.2) is 9.37 Å². The molecule has 0 saturated carbocycles. The second-order valence-electron chi connectivity index (χ2n) is 3.63. The van der Waals surface area contributed by atoms with E-state index in [1.807, 2.05) is 5.38 Å². The van der Waals surface area contributed by atoms with Gasteiger partial charge in [-0.15, -0.1) is 11.3 Å². The molecule has 0 radical (unpaired) electrons. The van der Waals surface area contributed by atoms with Gasteiger partial charge < -0.3 is 10.6 Å². The lowest BCUT2D eigenvalue weighted by Gasteiger charge is -2.03. The van der Waals surface area contributed by atoms with Crippen molar-refractivity contribution in [3.05, 3.63) is 41.2 Å². The zero-order valence-electron chi connectivity index (χ0n) is 9.74. The molecule has 0 unspecified atom stereocenters. The van der Waals surface area contributed by atoms with Gasteiger partial charge in [-0.05, 0) is 18.2 Å². The van der Waals surface area contributed by atoms with Crippen LogP contribution in [0, 0.1) is 5.82 Å². The number of aromatic nitrogens is 1. The van der Waals surface area contributed by atoms with E-state index in [1.54, 1.807) is 19.2 Å². The van der Waals surface area contributed by atoms with E-state index in [0.717, 1.165) is 5.13 Å². The van der Waals surface area contributed by atoms with E-state index in [2.05, 4.69) is 15.6 Å². The maximum absolute atomic E-state index is 12.9. The molecule has 0 aliphatic rings. The highest BCUT2D eigenvalue weighted by molar-refractivity contribution is 7.13. The molecule has 0 atom stereocenters. The summed E-state index contributed by atoms with van der Waals surface area (Å²) in [7, 11) is 1.77. The number of thiazole rings is 1. The predicted octanol–water partition coefficient (Wildman–Crippen LogP) is 2.51. The molecular formula is C12H12FN3OS. The minimum absolute atomic E-state index is 0.175.